The Hall–Kier alpha value is -1.36. The van der Waals surface area contributed by atoms with Crippen LogP contribution in [0.2, 0.25) is 0 Å². The molecule has 2 N–H and O–H groups in total. The van der Waals surface area contributed by atoms with Crippen LogP contribution in [-0.4, -0.2) is 27.7 Å². The summed E-state index contributed by atoms with van der Waals surface area (Å²) in [4.78, 5) is 4.51. The summed E-state index contributed by atoms with van der Waals surface area (Å²) in [5, 5.41) is 0.757. The number of ether oxygens (including phenoxy) is 1. The Labute approximate surface area is 123 Å². The van der Waals surface area contributed by atoms with E-state index in [4.69, 9.17) is 10.5 Å². The second-order valence-corrected chi connectivity index (χ2v) is 6.79. The minimum atomic E-state index is 0.469. The van der Waals surface area contributed by atoms with Crippen molar-refractivity contribution in [3.63, 3.8) is 0 Å². The van der Waals surface area contributed by atoms with Crippen LogP contribution < -0.4 is 10.5 Å². The van der Waals surface area contributed by atoms with E-state index in [0.717, 1.165) is 22.0 Å². The highest BCUT2D eigenvalue weighted by molar-refractivity contribution is 7.99. The van der Waals surface area contributed by atoms with Gasteiger partial charge in [0.15, 0.2) is 0 Å². The van der Waals surface area contributed by atoms with Gasteiger partial charge in [-0.15, -0.1) is 0 Å². The van der Waals surface area contributed by atoms with Crippen molar-refractivity contribution < 1.29 is 4.74 Å². The molecule has 0 spiro atoms. The Kier molecular flexibility index (Phi) is 3.78. The Morgan fingerprint density at radius 1 is 1.45 bits per heavy atom. The molecule has 1 saturated carbocycles. The van der Waals surface area contributed by atoms with Crippen molar-refractivity contribution >= 4 is 28.7 Å². The Morgan fingerprint density at radius 3 is 3.05 bits per heavy atom. The molecule has 2 unspecified atom stereocenters. The van der Waals surface area contributed by atoms with Crippen LogP contribution in [-0.2, 0) is 0 Å². The average Bonchev–Trinajstić information content (AvgIpc) is 3.01. The molecule has 1 aliphatic carbocycles. The number of imidazole rings is 1. The smallest absolute Gasteiger partial charge is 0.201 e. The van der Waals surface area contributed by atoms with Crippen molar-refractivity contribution in [3.8, 4) is 5.75 Å². The fourth-order valence-electron chi connectivity index (χ4n) is 3.20. The number of benzene rings is 1. The van der Waals surface area contributed by atoms with Crippen molar-refractivity contribution in [2.45, 2.75) is 37.5 Å². The number of anilines is 1. The number of hydrogen-bond donors (Lipinski definition) is 1. The fraction of sp³-hybridized carbons (Fsp3) is 0.533. The largest absolute Gasteiger partial charge is 0.494 e. The predicted octanol–water partition coefficient (Wildman–Crippen LogP) is 3.47. The third-order valence-electron chi connectivity index (χ3n) is 4.05. The molecule has 0 saturated heterocycles. The predicted molar refractivity (Wildman–Crippen MR) is 85.5 cm³/mol. The van der Waals surface area contributed by atoms with Crippen LogP contribution in [0.25, 0.3) is 11.0 Å². The van der Waals surface area contributed by atoms with Gasteiger partial charge in [0.1, 0.15) is 11.3 Å². The second-order valence-electron chi connectivity index (χ2n) is 5.21. The lowest BCUT2D eigenvalue weighted by molar-refractivity contribution is 0.419. The maximum absolute atomic E-state index is 6.17. The standard InChI is InChI=1S/C15H21N3OS/c1-3-20-11-8-7-10(9-11)18-12-5-4-6-13(19-2)14(12)17-15(18)16/h4-6,10-11H,3,7-9H2,1-2H3,(H2,16,17). The first-order valence-electron chi connectivity index (χ1n) is 7.16. The summed E-state index contributed by atoms with van der Waals surface area (Å²) in [6, 6.07) is 6.49. The van der Waals surface area contributed by atoms with Gasteiger partial charge >= 0.3 is 0 Å². The Morgan fingerprint density at radius 2 is 2.30 bits per heavy atom. The number of hydrogen-bond acceptors (Lipinski definition) is 4. The van der Waals surface area contributed by atoms with E-state index in [1.165, 1.54) is 25.0 Å². The average molecular weight is 291 g/mol. The third kappa shape index (κ3) is 2.24. The lowest BCUT2D eigenvalue weighted by atomic mass is 10.2. The lowest BCUT2D eigenvalue weighted by Crippen LogP contribution is -2.09. The van der Waals surface area contributed by atoms with E-state index in [1.807, 2.05) is 12.1 Å². The highest BCUT2D eigenvalue weighted by Crippen LogP contribution is 2.40. The van der Waals surface area contributed by atoms with E-state index in [0.29, 0.717) is 12.0 Å². The third-order valence-corrected chi connectivity index (χ3v) is 5.29. The number of aromatic nitrogens is 2. The molecule has 5 heteroatoms. The van der Waals surface area contributed by atoms with Crippen molar-refractivity contribution in [3.05, 3.63) is 18.2 Å². The van der Waals surface area contributed by atoms with Gasteiger partial charge < -0.3 is 15.0 Å². The molecule has 0 radical (unpaired) electrons. The molecule has 0 aliphatic heterocycles. The first-order valence-corrected chi connectivity index (χ1v) is 8.21. The van der Waals surface area contributed by atoms with Gasteiger partial charge in [0.05, 0.1) is 12.6 Å². The van der Waals surface area contributed by atoms with E-state index in [9.17, 15) is 0 Å². The van der Waals surface area contributed by atoms with E-state index in [-0.39, 0.29) is 0 Å². The molecule has 1 aromatic carbocycles. The minimum absolute atomic E-state index is 0.469. The summed E-state index contributed by atoms with van der Waals surface area (Å²) >= 11 is 2.06. The zero-order valence-corrected chi connectivity index (χ0v) is 12.8. The van der Waals surface area contributed by atoms with Crippen LogP contribution in [0.4, 0.5) is 5.95 Å². The monoisotopic (exact) mass is 291 g/mol. The number of para-hydroxylation sites is 1. The van der Waals surface area contributed by atoms with Gasteiger partial charge in [0.2, 0.25) is 5.95 Å². The first kappa shape index (κ1) is 13.6. The minimum Gasteiger partial charge on any atom is -0.494 e. The van der Waals surface area contributed by atoms with E-state index in [1.54, 1.807) is 7.11 Å². The molecule has 2 atom stereocenters. The van der Waals surface area contributed by atoms with E-state index < -0.39 is 0 Å². The number of fused-ring (bicyclic) bond motifs is 1. The van der Waals surface area contributed by atoms with Crippen LogP contribution in [0.3, 0.4) is 0 Å². The molecule has 108 valence electrons. The summed E-state index contributed by atoms with van der Waals surface area (Å²) in [7, 11) is 1.67. The van der Waals surface area contributed by atoms with Crippen LogP contribution in [0.1, 0.15) is 32.2 Å². The summed E-state index contributed by atoms with van der Waals surface area (Å²) in [6.45, 7) is 2.23. The number of methoxy groups -OCH3 is 1. The van der Waals surface area contributed by atoms with Gasteiger partial charge in [0.25, 0.3) is 0 Å². The number of nitrogen functional groups attached to an aromatic ring is 1. The fourth-order valence-corrected chi connectivity index (χ4v) is 4.33. The molecule has 0 amide bonds. The summed E-state index contributed by atoms with van der Waals surface area (Å²) in [6.07, 6.45) is 3.64. The van der Waals surface area contributed by atoms with Crippen molar-refractivity contribution in [1.29, 1.82) is 0 Å². The molecular weight excluding hydrogens is 270 g/mol. The van der Waals surface area contributed by atoms with Gasteiger partial charge in [-0.3, -0.25) is 0 Å². The number of nitrogens with two attached hydrogens (primary N) is 1. The summed E-state index contributed by atoms with van der Waals surface area (Å²) in [5.74, 6) is 2.59. The molecule has 20 heavy (non-hydrogen) atoms. The molecule has 0 bridgehead atoms. The van der Waals surface area contributed by atoms with E-state index >= 15 is 0 Å². The number of thioether (sulfide) groups is 1. The maximum Gasteiger partial charge on any atom is 0.201 e. The molecule has 4 nitrogen and oxygen atoms in total. The molecule has 1 aromatic heterocycles. The zero-order chi connectivity index (χ0) is 14.1. The lowest BCUT2D eigenvalue weighted by Gasteiger charge is -2.15. The van der Waals surface area contributed by atoms with Crippen LogP contribution in [0.5, 0.6) is 5.75 Å². The van der Waals surface area contributed by atoms with E-state index in [2.05, 4.69) is 34.3 Å². The SMILES string of the molecule is CCSC1CCC(n2c(N)nc3c(OC)cccc32)C1. The summed E-state index contributed by atoms with van der Waals surface area (Å²) in [5.41, 5.74) is 8.13. The van der Waals surface area contributed by atoms with Crippen molar-refractivity contribution in [1.82, 2.24) is 9.55 Å². The molecule has 2 aromatic rings. The van der Waals surface area contributed by atoms with Gasteiger partial charge in [-0.25, -0.2) is 4.98 Å². The topological polar surface area (TPSA) is 53.1 Å². The Bertz CT molecular complexity index is 610. The number of rotatable bonds is 4. The first-order chi connectivity index (χ1) is 9.74. The quantitative estimate of drug-likeness (QED) is 0.937. The molecule has 1 aliphatic rings. The van der Waals surface area contributed by atoms with Crippen LogP contribution in [0, 0.1) is 0 Å². The molecule has 3 rings (SSSR count). The van der Waals surface area contributed by atoms with Gasteiger partial charge in [-0.1, -0.05) is 13.0 Å². The van der Waals surface area contributed by atoms with Crippen LogP contribution >= 0.6 is 11.8 Å². The van der Waals surface area contributed by atoms with Crippen molar-refractivity contribution in [2.75, 3.05) is 18.6 Å². The normalized spacial score (nSPS) is 22.5. The Balaban J connectivity index is 1.98. The highest BCUT2D eigenvalue weighted by atomic mass is 32.2. The zero-order valence-electron chi connectivity index (χ0n) is 12.0. The van der Waals surface area contributed by atoms with Crippen molar-refractivity contribution in [2.24, 2.45) is 0 Å². The maximum atomic E-state index is 6.17. The van der Waals surface area contributed by atoms with Gasteiger partial charge in [0, 0.05) is 11.3 Å². The van der Waals surface area contributed by atoms with Crippen LogP contribution in [0.15, 0.2) is 18.2 Å². The highest BCUT2D eigenvalue weighted by Gasteiger charge is 2.28. The summed E-state index contributed by atoms with van der Waals surface area (Å²) < 4.78 is 7.59. The number of nitrogens with zero attached hydrogens (tertiary/aromatic N) is 2. The molecule has 1 fully saturated rings. The molecular formula is C15H21N3OS. The molecule has 1 heterocycles. The second kappa shape index (κ2) is 5.56. The van der Waals surface area contributed by atoms with Gasteiger partial charge in [-0.05, 0) is 37.1 Å². The van der Waals surface area contributed by atoms with Gasteiger partial charge in [-0.2, -0.15) is 11.8 Å².